The number of aryl methyl sites for hydroxylation is 4. The zero-order chi connectivity index (χ0) is 14.7. The summed E-state index contributed by atoms with van der Waals surface area (Å²) in [5.74, 6) is 0. The Balaban J connectivity index is 2.20. The molecule has 0 aliphatic carbocycles. The third-order valence-corrected chi connectivity index (χ3v) is 4.01. The molecule has 0 saturated carbocycles. The SMILES string of the molecule is CCc1ccc(C(O)Cc2c(C)cc(C)cc2C)cc1. The summed E-state index contributed by atoms with van der Waals surface area (Å²) in [7, 11) is 0. The predicted molar refractivity (Wildman–Crippen MR) is 85.1 cm³/mol. The molecule has 1 N–H and O–H groups in total. The lowest BCUT2D eigenvalue weighted by Gasteiger charge is -2.16. The molecule has 1 atom stereocenters. The zero-order valence-corrected chi connectivity index (χ0v) is 12.9. The van der Waals surface area contributed by atoms with Gasteiger partial charge in [0.1, 0.15) is 0 Å². The van der Waals surface area contributed by atoms with Crippen LogP contribution in [0.4, 0.5) is 0 Å². The Morgan fingerprint density at radius 2 is 1.50 bits per heavy atom. The van der Waals surface area contributed by atoms with E-state index in [1.807, 2.05) is 12.1 Å². The van der Waals surface area contributed by atoms with E-state index in [0.717, 1.165) is 12.0 Å². The Morgan fingerprint density at radius 3 is 2.00 bits per heavy atom. The van der Waals surface area contributed by atoms with Crippen LogP contribution in [0.1, 0.15) is 46.4 Å². The second-order valence-electron chi connectivity index (χ2n) is 5.69. The average molecular weight is 268 g/mol. The summed E-state index contributed by atoms with van der Waals surface area (Å²) in [6, 6.07) is 12.7. The van der Waals surface area contributed by atoms with E-state index in [4.69, 9.17) is 0 Å². The molecule has 0 aliphatic rings. The van der Waals surface area contributed by atoms with Gasteiger partial charge in [-0.15, -0.1) is 0 Å². The van der Waals surface area contributed by atoms with Crippen molar-refractivity contribution in [3.8, 4) is 0 Å². The molecule has 2 aromatic rings. The van der Waals surface area contributed by atoms with Gasteiger partial charge >= 0.3 is 0 Å². The van der Waals surface area contributed by atoms with E-state index in [1.165, 1.54) is 27.8 Å². The first-order chi connectivity index (χ1) is 9.51. The largest absolute Gasteiger partial charge is 0.388 e. The maximum atomic E-state index is 10.5. The Morgan fingerprint density at radius 1 is 0.950 bits per heavy atom. The number of hydrogen-bond acceptors (Lipinski definition) is 1. The lowest BCUT2D eigenvalue weighted by molar-refractivity contribution is 0.178. The second-order valence-corrected chi connectivity index (χ2v) is 5.69. The van der Waals surface area contributed by atoms with E-state index in [-0.39, 0.29) is 0 Å². The normalized spacial score (nSPS) is 12.4. The van der Waals surface area contributed by atoms with Crippen molar-refractivity contribution in [1.82, 2.24) is 0 Å². The lowest BCUT2D eigenvalue weighted by Crippen LogP contribution is -2.05. The van der Waals surface area contributed by atoms with Crippen molar-refractivity contribution >= 4 is 0 Å². The van der Waals surface area contributed by atoms with Crippen molar-refractivity contribution < 1.29 is 5.11 Å². The van der Waals surface area contributed by atoms with Gasteiger partial charge in [0.05, 0.1) is 6.10 Å². The van der Waals surface area contributed by atoms with Crippen molar-refractivity contribution in [3.05, 3.63) is 69.8 Å². The maximum Gasteiger partial charge on any atom is 0.0830 e. The molecular weight excluding hydrogens is 244 g/mol. The van der Waals surface area contributed by atoms with Gasteiger partial charge in [0.25, 0.3) is 0 Å². The highest BCUT2D eigenvalue weighted by molar-refractivity contribution is 5.38. The van der Waals surface area contributed by atoms with E-state index in [9.17, 15) is 5.11 Å². The average Bonchev–Trinajstić information content (AvgIpc) is 2.42. The minimum Gasteiger partial charge on any atom is -0.388 e. The number of benzene rings is 2. The fourth-order valence-corrected chi connectivity index (χ4v) is 2.82. The predicted octanol–water partition coefficient (Wildman–Crippen LogP) is 4.45. The summed E-state index contributed by atoms with van der Waals surface area (Å²) in [5.41, 5.74) is 7.40. The number of rotatable bonds is 4. The first-order valence-electron chi connectivity index (χ1n) is 7.35. The molecule has 0 saturated heterocycles. The van der Waals surface area contributed by atoms with Crippen LogP contribution in [0.25, 0.3) is 0 Å². The van der Waals surface area contributed by atoms with Crippen LogP contribution in [-0.4, -0.2) is 5.11 Å². The van der Waals surface area contributed by atoms with Gasteiger partial charge in [0.15, 0.2) is 0 Å². The molecule has 20 heavy (non-hydrogen) atoms. The molecule has 1 unspecified atom stereocenters. The van der Waals surface area contributed by atoms with Crippen LogP contribution in [0, 0.1) is 20.8 Å². The fraction of sp³-hybridized carbons (Fsp3) is 0.368. The molecule has 0 aromatic heterocycles. The van der Waals surface area contributed by atoms with Gasteiger partial charge < -0.3 is 5.11 Å². The van der Waals surface area contributed by atoms with E-state index >= 15 is 0 Å². The topological polar surface area (TPSA) is 20.2 Å². The van der Waals surface area contributed by atoms with Crippen LogP contribution in [0.3, 0.4) is 0 Å². The molecule has 0 aliphatic heterocycles. The molecule has 1 nitrogen and oxygen atoms in total. The van der Waals surface area contributed by atoms with Crippen molar-refractivity contribution in [3.63, 3.8) is 0 Å². The zero-order valence-electron chi connectivity index (χ0n) is 12.9. The van der Waals surface area contributed by atoms with Gasteiger partial charge in [-0.2, -0.15) is 0 Å². The first kappa shape index (κ1) is 14.8. The molecule has 0 heterocycles. The summed E-state index contributed by atoms with van der Waals surface area (Å²) in [5, 5.41) is 10.5. The highest BCUT2D eigenvalue weighted by atomic mass is 16.3. The molecule has 2 aromatic carbocycles. The highest BCUT2D eigenvalue weighted by Gasteiger charge is 2.12. The monoisotopic (exact) mass is 268 g/mol. The van der Waals surface area contributed by atoms with Gasteiger partial charge in [-0.1, -0.05) is 48.9 Å². The van der Waals surface area contributed by atoms with E-state index in [1.54, 1.807) is 0 Å². The maximum absolute atomic E-state index is 10.5. The van der Waals surface area contributed by atoms with Crippen LogP contribution in [-0.2, 0) is 12.8 Å². The smallest absolute Gasteiger partial charge is 0.0830 e. The molecule has 0 bridgehead atoms. The van der Waals surface area contributed by atoms with Crippen LogP contribution < -0.4 is 0 Å². The summed E-state index contributed by atoms with van der Waals surface area (Å²) in [4.78, 5) is 0. The van der Waals surface area contributed by atoms with E-state index in [0.29, 0.717) is 6.42 Å². The molecule has 0 spiro atoms. The Labute approximate surface area is 122 Å². The van der Waals surface area contributed by atoms with Crippen LogP contribution in [0.5, 0.6) is 0 Å². The Kier molecular flexibility index (Phi) is 4.61. The number of aliphatic hydroxyl groups is 1. The summed E-state index contributed by atoms with van der Waals surface area (Å²) < 4.78 is 0. The van der Waals surface area contributed by atoms with Gasteiger partial charge in [0, 0.05) is 6.42 Å². The highest BCUT2D eigenvalue weighted by Crippen LogP contribution is 2.24. The van der Waals surface area contributed by atoms with E-state index in [2.05, 4.69) is 52.0 Å². The van der Waals surface area contributed by atoms with Crippen molar-refractivity contribution in [2.75, 3.05) is 0 Å². The van der Waals surface area contributed by atoms with Crippen molar-refractivity contribution in [1.29, 1.82) is 0 Å². The lowest BCUT2D eigenvalue weighted by atomic mass is 9.93. The fourth-order valence-electron chi connectivity index (χ4n) is 2.82. The quantitative estimate of drug-likeness (QED) is 0.868. The van der Waals surface area contributed by atoms with Crippen molar-refractivity contribution in [2.24, 2.45) is 0 Å². The Bertz CT molecular complexity index is 558. The summed E-state index contributed by atoms with van der Waals surface area (Å²) in [6.45, 7) is 8.51. The number of hydrogen-bond donors (Lipinski definition) is 1. The van der Waals surface area contributed by atoms with Crippen LogP contribution in [0.15, 0.2) is 36.4 Å². The molecule has 2 rings (SSSR count). The van der Waals surface area contributed by atoms with Gasteiger partial charge in [-0.05, 0) is 55.0 Å². The molecular formula is C19H24O. The van der Waals surface area contributed by atoms with Crippen molar-refractivity contribution in [2.45, 2.75) is 46.6 Å². The minimum absolute atomic E-state index is 0.430. The third-order valence-electron chi connectivity index (χ3n) is 4.01. The van der Waals surface area contributed by atoms with E-state index < -0.39 is 6.10 Å². The molecule has 0 amide bonds. The Hall–Kier alpha value is -1.60. The molecule has 106 valence electrons. The molecule has 0 fully saturated rings. The van der Waals surface area contributed by atoms with Gasteiger partial charge in [-0.3, -0.25) is 0 Å². The second kappa shape index (κ2) is 6.23. The standard InChI is InChI=1S/C19H24O/c1-5-16-6-8-17(9-7-16)19(20)12-18-14(3)10-13(2)11-15(18)4/h6-11,19-20H,5,12H2,1-4H3. The van der Waals surface area contributed by atoms with Gasteiger partial charge in [-0.25, -0.2) is 0 Å². The van der Waals surface area contributed by atoms with Crippen LogP contribution in [0.2, 0.25) is 0 Å². The third kappa shape index (κ3) is 3.29. The summed E-state index contributed by atoms with van der Waals surface area (Å²) in [6.07, 6.45) is 1.29. The summed E-state index contributed by atoms with van der Waals surface area (Å²) >= 11 is 0. The number of aliphatic hydroxyl groups excluding tert-OH is 1. The first-order valence-corrected chi connectivity index (χ1v) is 7.35. The molecule has 0 radical (unpaired) electrons. The van der Waals surface area contributed by atoms with Crippen LogP contribution >= 0.6 is 0 Å². The molecule has 1 heteroatoms. The van der Waals surface area contributed by atoms with Gasteiger partial charge in [0.2, 0.25) is 0 Å². The minimum atomic E-state index is -0.430.